The number of fused-ring (bicyclic) bond motifs is 1. The molecule has 0 unspecified atom stereocenters. The molecular formula is C21H19FN2O3. The zero-order chi connectivity index (χ0) is 18.8. The Labute approximate surface area is 155 Å². The number of rotatable bonds is 4. The van der Waals surface area contributed by atoms with Gasteiger partial charge in [0.15, 0.2) is 0 Å². The lowest BCUT2D eigenvalue weighted by Gasteiger charge is -2.25. The van der Waals surface area contributed by atoms with E-state index < -0.39 is 6.04 Å². The smallest absolute Gasteiger partial charge is 0.252 e. The maximum atomic E-state index is 13.3. The molecule has 27 heavy (non-hydrogen) atoms. The Morgan fingerprint density at radius 3 is 2.70 bits per heavy atom. The second kappa shape index (κ2) is 7.32. The summed E-state index contributed by atoms with van der Waals surface area (Å²) in [6.45, 7) is 0.631. The van der Waals surface area contributed by atoms with E-state index in [-0.39, 0.29) is 23.4 Å². The standard InChI is InChI=1S/C21H19FN2O3/c22-14-9-7-13(8-10-14)20(18-6-3-11-27-18)24-21(26)16-12-19(25)23-17-5-2-1-4-15(16)17/h1-2,4-5,7-10,12,18,20H,3,6,11H2,(H,23,25)(H,24,26)/t18-,20-/m0/s1. The van der Waals surface area contributed by atoms with Gasteiger partial charge in [-0.3, -0.25) is 9.59 Å². The summed E-state index contributed by atoms with van der Waals surface area (Å²) >= 11 is 0. The number of halogens is 1. The van der Waals surface area contributed by atoms with Crippen LogP contribution in [0.15, 0.2) is 59.4 Å². The van der Waals surface area contributed by atoms with E-state index in [4.69, 9.17) is 4.74 Å². The number of aromatic nitrogens is 1. The number of carbonyl (C=O) groups is 1. The van der Waals surface area contributed by atoms with E-state index in [1.54, 1.807) is 30.3 Å². The number of aromatic amines is 1. The molecule has 5 nitrogen and oxygen atoms in total. The van der Waals surface area contributed by atoms with Crippen molar-refractivity contribution in [1.82, 2.24) is 10.3 Å². The van der Waals surface area contributed by atoms with Crippen LogP contribution in [0.1, 0.15) is 34.8 Å². The molecule has 1 aromatic heterocycles. The molecule has 1 saturated heterocycles. The van der Waals surface area contributed by atoms with E-state index in [9.17, 15) is 14.0 Å². The summed E-state index contributed by atoms with van der Waals surface area (Å²) in [4.78, 5) is 27.7. The highest BCUT2D eigenvalue weighted by atomic mass is 19.1. The summed E-state index contributed by atoms with van der Waals surface area (Å²) in [6.07, 6.45) is 1.53. The third kappa shape index (κ3) is 3.61. The van der Waals surface area contributed by atoms with Crippen molar-refractivity contribution in [2.24, 2.45) is 0 Å². The van der Waals surface area contributed by atoms with E-state index in [2.05, 4.69) is 10.3 Å². The zero-order valence-electron chi connectivity index (χ0n) is 14.6. The second-order valence-electron chi connectivity index (χ2n) is 6.65. The monoisotopic (exact) mass is 366 g/mol. The van der Waals surface area contributed by atoms with Gasteiger partial charge in [0.2, 0.25) is 5.56 Å². The molecule has 6 heteroatoms. The topological polar surface area (TPSA) is 71.2 Å². The van der Waals surface area contributed by atoms with Crippen LogP contribution >= 0.6 is 0 Å². The quantitative estimate of drug-likeness (QED) is 0.744. The molecule has 4 rings (SSSR count). The zero-order valence-corrected chi connectivity index (χ0v) is 14.6. The van der Waals surface area contributed by atoms with Crippen LogP contribution in [0, 0.1) is 5.82 Å². The van der Waals surface area contributed by atoms with Crippen molar-refractivity contribution < 1.29 is 13.9 Å². The maximum Gasteiger partial charge on any atom is 0.252 e. The van der Waals surface area contributed by atoms with Crippen LogP contribution in [0.4, 0.5) is 4.39 Å². The minimum Gasteiger partial charge on any atom is -0.376 e. The van der Waals surface area contributed by atoms with Gasteiger partial charge in [-0.25, -0.2) is 4.39 Å². The fourth-order valence-corrected chi connectivity index (χ4v) is 3.54. The summed E-state index contributed by atoms with van der Waals surface area (Å²) in [7, 11) is 0. The summed E-state index contributed by atoms with van der Waals surface area (Å²) in [5.74, 6) is -0.695. The Kier molecular flexibility index (Phi) is 4.73. The van der Waals surface area contributed by atoms with Gasteiger partial charge in [0, 0.05) is 23.6 Å². The summed E-state index contributed by atoms with van der Waals surface area (Å²) in [5, 5.41) is 3.66. The molecular weight excluding hydrogens is 347 g/mol. The number of H-pyrrole nitrogens is 1. The number of nitrogens with one attached hydrogen (secondary N) is 2. The van der Waals surface area contributed by atoms with Gasteiger partial charge < -0.3 is 15.0 Å². The number of ether oxygens (including phenoxy) is 1. The predicted octanol–water partition coefficient (Wildman–Crippen LogP) is 3.32. The van der Waals surface area contributed by atoms with Crippen LogP contribution in [0.25, 0.3) is 10.9 Å². The normalized spacial score (nSPS) is 17.7. The van der Waals surface area contributed by atoms with Crippen molar-refractivity contribution in [3.05, 3.63) is 81.9 Å². The van der Waals surface area contributed by atoms with Crippen molar-refractivity contribution in [2.45, 2.75) is 25.0 Å². The minimum atomic E-state index is -0.418. The van der Waals surface area contributed by atoms with Crippen molar-refractivity contribution in [2.75, 3.05) is 6.61 Å². The lowest BCUT2D eigenvalue weighted by Crippen LogP contribution is -2.36. The number of hydrogen-bond donors (Lipinski definition) is 2. The van der Waals surface area contributed by atoms with E-state index in [0.29, 0.717) is 23.1 Å². The van der Waals surface area contributed by atoms with E-state index in [1.165, 1.54) is 18.2 Å². The molecule has 0 saturated carbocycles. The second-order valence-corrected chi connectivity index (χ2v) is 6.65. The summed E-state index contributed by atoms with van der Waals surface area (Å²) in [5.41, 5.74) is 1.34. The third-order valence-corrected chi connectivity index (χ3v) is 4.85. The van der Waals surface area contributed by atoms with Crippen LogP contribution < -0.4 is 10.9 Å². The van der Waals surface area contributed by atoms with E-state index >= 15 is 0 Å². The lowest BCUT2D eigenvalue weighted by molar-refractivity contribution is 0.0673. The van der Waals surface area contributed by atoms with Gasteiger partial charge >= 0.3 is 0 Å². The van der Waals surface area contributed by atoms with Crippen molar-refractivity contribution in [3.63, 3.8) is 0 Å². The molecule has 138 valence electrons. The third-order valence-electron chi connectivity index (χ3n) is 4.85. The van der Waals surface area contributed by atoms with Gasteiger partial charge in [0.1, 0.15) is 5.82 Å². The van der Waals surface area contributed by atoms with Gasteiger partial charge in [-0.2, -0.15) is 0 Å². The Bertz CT molecular complexity index is 1020. The molecule has 1 aliphatic heterocycles. The van der Waals surface area contributed by atoms with Gasteiger partial charge in [0.05, 0.1) is 17.7 Å². The lowest BCUT2D eigenvalue weighted by atomic mass is 9.98. The van der Waals surface area contributed by atoms with Crippen molar-refractivity contribution in [1.29, 1.82) is 0 Å². The van der Waals surface area contributed by atoms with Gasteiger partial charge in [-0.15, -0.1) is 0 Å². The van der Waals surface area contributed by atoms with Crippen LogP contribution in [-0.4, -0.2) is 23.6 Å². The fraction of sp³-hybridized carbons (Fsp3) is 0.238. The number of hydrogen-bond acceptors (Lipinski definition) is 3. The number of carbonyl (C=O) groups excluding carboxylic acids is 1. The van der Waals surface area contributed by atoms with E-state index in [0.717, 1.165) is 18.4 Å². The van der Waals surface area contributed by atoms with Crippen LogP contribution in [0.3, 0.4) is 0 Å². The Hall–Kier alpha value is -2.99. The Balaban J connectivity index is 1.70. The van der Waals surface area contributed by atoms with Gasteiger partial charge in [-0.1, -0.05) is 30.3 Å². The van der Waals surface area contributed by atoms with Crippen LogP contribution in [0.5, 0.6) is 0 Å². The molecule has 2 N–H and O–H groups in total. The average molecular weight is 366 g/mol. The maximum absolute atomic E-state index is 13.3. The Morgan fingerprint density at radius 2 is 1.96 bits per heavy atom. The van der Waals surface area contributed by atoms with Crippen molar-refractivity contribution >= 4 is 16.8 Å². The molecule has 1 aliphatic rings. The minimum absolute atomic E-state index is 0.187. The predicted molar refractivity (Wildman–Crippen MR) is 100 cm³/mol. The molecule has 3 aromatic rings. The number of pyridine rings is 1. The summed E-state index contributed by atoms with van der Waals surface area (Å²) < 4.78 is 19.1. The van der Waals surface area contributed by atoms with Crippen molar-refractivity contribution in [3.8, 4) is 0 Å². The molecule has 0 aliphatic carbocycles. The van der Waals surface area contributed by atoms with E-state index in [1.807, 2.05) is 6.07 Å². The highest BCUT2D eigenvalue weighted by molar-refractivity contribution is 6.06. The first kappa shape index (κ1) is 17.4. The SMILES string of the molecule is O=C(N[C@@H](c1ccc(F)cc1)[C@@H]1CCCO1)c1cc(=O)[nH]c2ccccc12. The molecule has 2 heterocycles. The highest BCUT2D eigenvalue weighted by Crippen LogP contribution is 2.28. The summed E-state index contributed by atoms with van der Waals surface area (Å²) in [6, 6.07) is 14.1. The molecule has 0 radical (unpaired) electrons. The number of amides is 1. The van der Waals surface area contributed by atoms with Gasteiger partial charge in [-0.05, 0) is 36.6 Å². The van der Waals surface area contributed by atoms with Gasteiger partial charge in [0.25, 0.3) is 5.91 Å². The van der Waals surface area contributed by atoms with Crippen LogP contribution in [0.2, 0.25) is 0 Å². The highest BCUT2D eigenvalue weighted by Gasteiger charge is 2.29. The average Bonchev–Trinajstić information content (AvgIpc) is 3.20. The molecule has 2 atom stereocenters. The Morgan fingerprint density at radius 1 is 1.19 bits per heavy atom. The molecule has 1 amide bonds. The molecule has 1 fully saturated rings. The number of para-hydroxylation sites is 1. The first-order chi connectivity index (χ1) is 13.1. The molecule has 2 aromatic carbocycles. The molecule has 0 spiro atoms. The first-order valence-corrected chi connectivity index (χ1v) is 8.92. The molecule has 0 bridgehead atoms. The number of benzene rings is 2. The largest absolute Gasteiger partial charge is 0.376 e. The van der Waals surface area contributed by atoms with Crippen LogP contribution in [-0.2, 0) is 4.74 Å². The first-order valence-electron chi connectivity index (χ1n) is 8.92. The fourth-order valence-electron chi connectivity index (χ4n) is 3.54.